The molecule has 6 nitrogen and oxygen atoms in total. The molecule has 0 saturated heterocycles. The Balaban J connectivity index is 1.89. The van der Waals surface area contributed by atoms with E-state index < -0.39 is 4.92 Å². The van der Waals surface area contributed by atoms with Gasteiger partial charge >= 0.3 is 0 Å². The van der Waals surface area contributed by atoms with Crippen LogP contribution in [-0.4, -0.2) is 25.2 Å². The number of rotatable bonds is 7. The van der Waals surface area contributed by atoms with Gasteiger partial charge in [0.05, 0.1) is 18.1 Å². The number of anilines is 1. The third-order valence-electron chi connectivity index (χ3n) is 2.82. The van der Waals surface area contributed by atoms with Crippen molar-refractivity contribution in [3.05, 3.63) is 58.6 Å². The predicted octanol–water partition coefficient (Wildman–Crippen LogP) is 3.09. The third kappa shape index (κ3) is 4.10. The van der Waals surface area contributed by atoms with Crippen molar-refractivity contribution in [2.24, 2.45) is 0 Å². The highest BCUT2D eigenvalue weighted by atomic mass is 16.6. The molecule has 0 radical (unpaired) electrons. The van der Waals surface area contributed by atoms with Crippen LogP contribution in [0.25, 0.3) is 0 Å². The molecule has 0 heterocycles. The fourth-order valence-corrected chi connectivity index (χ4v) is 1.80. The van der Waals surface area contributed by atoms with E-state index in [0.717, 1.165) is 5.69 Å². The summed E-state index contributed by atoms with van der Waals surface area (Å²) in [5.74, 6) is 0.835. The number of hydrogen-bond acceptors (Lipinski definition) is 5. The SMILES string of the molecule is COc1cc([N+](=O)[O-])ccc1OCCNc1ccccc1. The number of ether oxygens (including phenoxy) is 2. The predicted molar refractivity (Wildman–Crippen MR) is 80.1 cm³/mol. The van der Waals surface area contributed by atoms with Gasteiger partial charge in [-0.1, -0.05) is 18.2 Å². The van der Waals surface area contributed by atoms with Crippen LogP contribution >= 0.6 is 0 Å². The van der Waals surface area contributed by atoms with Crippen LogP contribution in [-0.2, 0) is 0 Å². The number of benzene rings is 2. The van der Waals surface area contributed by atoms with Crippen molar-refractivity contribution in [1.29, 1.82) is 0 Å². The summed E-state index contributed by atoms with van der Waals surface area (Å²) >= 11 is 0. The third-order valence-corrected chi connectivity index (χ3v) is 2.82. The molecule has 2 rings (SSSR count). The van der Waals surface area contributed by atoms with Crippen LogP contribution in [0.3, 0.4) is 0 Å². The van der Waals surface area contributed by atoms with E-state index in [0.29, 0.717) is 24.7 Å². The van der Waals surface area contributed by atoms with E-state index in [1.54, 1.807) is 6.07 Å². The molecular weight excluding hydrogens is 272 g/mol. The number of nitrogens with one attached hydrogen (secondary N) is 1. The van der Waals surface area contributed by atoms with Crippen molar-refractivity contribution >= 4 is 11.4 Å². The lowest BCUT2D eigenvalue weighted by Gasteiger charge is -2.11. The Morgan fingerprint density at radius 3 is 2.57 bits per heavy atom. The van der Waals surface area contributed by atoms with Crippen LogP contribution in [0.4, 0.5) is 11.4 Å². The Bertz CT molecular complexity index is 602. The minimum absolute atomic E-state index is 0.0263. The first-order valence-electron chi connectivity index (χ1n) is 6.45. The van der Waals surface area contributed by atoms with Gasteiger partial charge in [-0.3, -0.25) is 10.1 Å². The Hall–Kier alpha value is -2.76. The average Bonchev–Trinajstić information content (AvgIpc) is 2.52. The van der Waals surface area contributed by atoms with E-state index in [9.17, 15) is 10.1 Å². The topological polar surface area (TPSA) is 73.6 Å². The summed E-state index contributed by atoms with van der Waals surface area (Å²) in [6.45, 7) is 1.03. The number of nitro benzene ring substituents is 1. The van der Waals surface area contributed by atoms with Gasteiger partial charge in [0.25, 0.3) is 5.69 Å². The van der Waals surface area contributed by atoms with Crippen LogP contribution < -0.4 is 14.8 Å². The molecule has 6 heteroatoms. The van der Waals surface area contributed by atoms with Gasteiger partial charge < -0.3 is 14.8 Å². The van der Waals surface area contributed by atoms with Crippen molar-refractivity contribution in [3.63, 3.8) is 0 Å². The molecule has 0 aliphatic heterocycles. The van der Waals surface area contributed by atoms with Crippen LogP contribution in [0.1, 0.15) is 0 Å². The molecule has 0 atom stereocenters. The largest absolute Gasteiger partial charge is 0.493 e. The maximum atomic E-state index is 10.7. The molecule has 2 aromatic carbocycles. The van der Waals surface area contributed by atoms with Gasteiger partial charge in [0.1, 0.15) is 6.61 Å². The molecule has 1 N–H and O–H groups in total. The van der Waals surface area contributed by atoms with Gasteiger partial charge in [0.2, 0.25) is 0 Å². The maximum absolute atomic E-state index is 10.7. The maximum Gasteiger partial charge on any atom is 0.273 e. The zero-order valence-electron chi connectivity index (χ0n) is 11.6. The van der Waals surface area contributed by atoms with Crippen molar-refractivity contribution in [2.45, 2.75) is 0 Å². The smallest absolute Gasteiger partial charge is 0.273 e. The van der Waals surface area contributed by atoms with Crippen LogP contribution in [0.15, 0.2) is 48.5 Å². The first kappa shape index (κ1) is 14.6. The minimum Gasteiger partial charge on any atom is -0.493 e. The monoisotopic (exact) mass is 288 g/mol. The normalized spacial score (nSPS) is 9.95. The highest BCUT2D eigenvalue weighted by molar-refractivity contribution is 5.48. The second-order valence-electron chi connectivity index (χ2n) is 4.23. The Kier molecular flexibility index (Phi) is 4.98. The minimum atomic E-state index is -0.469. The van der Waals surface area contributed by atoms with Crippen molar-refractivity contribution in [2.75, 3.05) is 25.6 Å². The second-order valence-corrected chi connectivity index (χ2v) is 4.23. The number of non-ortho nitro benzene ring substituents is 1. The van der Waals surface area contributed by atoms with E-state index in [-0.39, 0.29) is 5.69 Å². The van der Waals surface area contributed by atoms with Gasteiger partial charge in [-0.25, -0.2) is 0 Å². The van der Waals surface area contributed by atoms with Crippen molar-refractivity contribution in [3.8, 4) is 11.5 Å². The van der Waals surface area contributed by atoms with E-state index in [1.807, 2.05) is 30.3 Å². The number of nitrogens with zero attached hydrogens (tertiary/aromatic N) is 1. The molecule has 0 unspecified atom stereocenters. The molecule has 0 bridgehead atoms. The summed E-state index contributed by atoms with van der Waals surface area (Å²) < 4.78 is 10.7. The van der Waals surface area contributed by atoms with E-state index in [1.165, 1.54) is 19.2 Å². The van der Waals surface area contributed by atoms with E-state index in [4.69, 9.17) is 9.47 Å². The summed E-state index contributed by atoms with van der Waals surface area (Å²) in [6.07, 6.45) is 0. The molecule has 2 aromatic rings. The number of hydrogen-bond donors (Lipinski definition) is 1. The standard InChI is InChI=1S/C15H16N2O4/c1-20-15-11-13(17(18)19)7-8-14(15)21-10-9-16-12-5-3-2-4-6-12/h2-8,11,16H,9-10H2,1H3. The van der Waals surface area contributed by atoms with E-state index in [2.05, 4.69) is 5.32 Å². The van der Waals surface area contributed by atoms with Gasteiger partial charge in [0.15, 0.2) is 11.5 Å². The van der Waals surface area contributed by atoms with Gasteiger partial charge in [-0.05, 0) is 18.2 Å². The highest BCUT2D eigenvalue weighted by Crippen LogP contribution is 2.30. The molecule has 21 heavy (non-hydrogen) atoms. The Morgan fingerprint density at radius 1 is 1.14 bits per heavy atom. The number of para-hydroxylation sites is 1. The number of methoxy groups -OCH3 is 1. The zero-order chi connectivity index (χ0) is 15.1. The van der Waals surface area contributed by atoms with Crippen LogP contribution in [0.5, 0.6) is 11.5 Å². The average molecular weight is 288 g/mol. The molecular formula is C15H16N2O4. The fourth-order valence-electron chi connectivity index (χ4n) is 1.80. The summed E-state index contributed by atoms with van der Waals surface area (Å²) in [7, 11) is 1.45. The van der Waals surface area contributed by atoms with E-state index >= 15 is 0 Å². The zero-order valence-corrected chi connectivity index (χ0v) is 11.6. The lowest BCUT2D eigenvalue weighted by atomic mass is 10.3. The fraction of sp³-hybridized carbons (Fsp3) is 0.200. The summed E-state index contributed by atoms with van der Waals surface area (Å²) in [5, 5.41) is 13.9. The molecule has 0 aliphatic carbocycles. The molecule has 110 valence electrons. The first-order valence-corrected chi connectivity index (χ1v) is 6.45. The van der Waals surface area contributed by atoms with Crippen LogP contribution in [0, 0.1) is 10.1 Å². The highest BCUT2D eigenvalue weighted by Gasteiger charge is 2.12. The lowest BCUT2D eigenvalue weighted by molar-refractivity contribution is -0.384. The first-order chi connectivity index (χ1) is 10.2. The summed E-state index contributed by atoms with van der Waals surface area (Å²) in [6, 6.07) is 14.1. The second kappa shape index (κ2) is 7.14. The molecule has 0 fully saturated rings. The summed E-state index contributed by atoms with van der Waals surface area (Å²) in [5.41, 5.74) is 0.985. The number of nitro groups is 1. The lowest BCUT2D eigenvalue weighted by Crippen LogP contribution is -2.11. The van der Waals surface area contributed by atoms with Gasteiger partial charge in [-0.15, -0.1) is 0 Å². The molecule has 0 saturated carbocycles. The molecule has 0 spiro atoms. The Labute approximate surface area is 122 Å². The van der Waals surface area contributed by atoms with Crippen molar-refractivity contribution < 1.29 is 14.4 Å². The van der Waals surface area contributed by atoms with Crippen LogP contribution in [0.2, 0.25) is 0 Å². The molecule has 0 aliphatic rings. The Morgan fingerprint density at radius 2 is 1.90 bits per heavy atom. The summed E-state index contributed by atoms with van der Waals surface area (Å²) in [4.78, 5) is 10.2. The van der Waals surface area contributed by atoms with Gasteiger partial charge in [-0.2, -0.15) is 0 Å². The quantitative estimate of drug-likeness (QED) is 0.481. The van der Waals surface area contributed by atoms with Crippen molar-refractivity contribution in [1.82, 2.24) is 0 Å². The van der Waals surface area contributed by atoms with Gasteiger partial charge in [0, 0.05) is 18.3 Å². The molecule has 0 aromatic heterocycles. The molecule has 0 amide bonds.